The standard InChI is InChI=1S/C16H29NO/c1-3-16(4-2,13-18)12-17-11-7-9-14-8-5-6-10-15(14)17/h13-15H,3-12H2,1-2H3/t14-,15-/m1/s1. The van der Waals surface area contributed by atoms with Crippen LogP contribution in [0.1, 0.15) is 65.2 Å². The fourth-order valence-corrected chi connectivity index (χ4v) is 4.01. The van der Waals surface area contributed by atoms with Crippen molar-refractivity contribution in [2.45, 2.75) is 71.3 Å². The minimum Gasteiger partial charge on any atom is -0.303 e. The number of fused-ring (bicyclic) bond motifs is 1. The second kappa shape index (κ2) is 6.18. The molecule has 0 aromatic carbocycles. The largest absolute Gasteiger partial charge is 0.303 e. The zero-order valence-electron chi connectivity index (χ0n) is 12.2. The van der Waals surface area contributed by atoms with Gasteiger partial charge in [0.1, 0.15) is 6.29 Å². The Morgan fingerprint density at radius 2 is 1.78 bits per heavy atom. The quantitative estimate of drug-likeness (QED) is 0.695. The highest BCUT2D eigenvalue weighted by molar-refractivity contribution is 5.59. The zero-order valence-corrected chi connectivity index (χ0v) is 12.2. The fraction of sp³-hybridized carbons (Fsp3) is 0.938. The van der Waals surface area contributed by atoms with Crippen LogP contribution in [-0.4, -0.2) is 30.3 Å². The number of likely N-dealkylation sites (tertiary alicyclic amines) is 1. The predicted octanol–water partition coefficient (Wildman–Crippen LogP) is 3.65. The molecule has 2 aliphatic rings. The molecular weight excluding hydrogens is 222 g/mol. The highest BCUT2D eigenvalue weighted by Crippen LogP contribution is 2.37. The first-order valence-corrected chi connectivity index (χ1v) is 7.95. The zero-order chi connectivity index (χ0) is 13.0. The second-order valence-corrected chi connectivity index (χ2v) is 6.41. The summed E-state index contributed by atoms with van der Waals surface area (Å²) in [6, 6.07) is 0.782. The maximum absolute atomic E-state index is 11.5. The normalized spacial score (nSPS) is 29.9. The van der Waals surface area contributed by atoms with Crippen LogP contribution in [0.4, 0.5) is 0 Å². The Labute approximate surface area is 112 Å². The fourth-order valence-electron chi connectivity index (χ4n) is 4.01. The van der Waals surface area contributed by atoms with Crippen molar-refractivity contribution >= 4 is 6.29 Å². The van der Waals surface area contributed by atoms with Gasteiger partial charge in [0.05, 0.1) is 0 Å². The van der Waals surface area contributed by atoms with E-state index in [-0.39, 0.29) is 5.41 Å². The van der Waals surface area contributed by atoms with Crippen LogP contribution in [-0.2, 0) is 4.79 Å². The van der Waals surface area contributed by atoms with Gasteiger partial charge in [-0.2, -0.15) is 0 Å². The summed E-state index contributed by atoms with van der Waals surface area (Å²) in [7, 11) is 0. The Morgan fingerprint density at radius 3 is 2.44 bits per heavy atom. The summed E-state index contributed by atoms with van der Waals surface area (Å²) < 4.78 is 0. The minimum atomic E-state index is -0.0840. The molecule has 1 aliphatic carbocycles. The number of nitrogens with zero attached hydrogens (tertiary/aromatic N) is 1. The monoisotopic (exact) mass is 251 g/mol. The highest BCUT2D eigenvalue weighted by Gasteiger charge is 2.37. The molecule has 104 valence electrons. The van der Waals surface area contributed by atoms with E-state index in [0.29, 0.717) is 0 Å². The topological polar surface area (TPSA) is 20.3 Å². The molecule has 18 heavy (non-hydrogen) atoms. The van der Waals surface area contributed by atoms with Gasteiger partial charge in [0.2, 0.25) is 0 Å². The van der Waals surface area contributed by atoms with Crippen molar-refractivity contribution in [1.29, 1.82) is 0 Å². The smallest absolute Gasteiger partial charge is 0.127 e. The van der Waals surface area contributed by atoms with E-state index in [2.05, 4.69) is 18.7 Å². The van der Waals surface area contributed by atoms with E-state index in [9.17, 15) is 4.79 Å². The number of carbonyl (C=O) groups is 1. The summed E-state index contributed by atoms with van der Waals surface area (Å²) in [5, 5.41) is 0. The number of hydrogen-bond acceptors (Lipinski definition) is 2. The molecule has 2 atom stereocenters. The molecule has 0 bridgehead atoms. The molecule has 0 radical (unpaired) electrons. The third-order valence-electron chi connectivity index (χ3n) is 5.53. The van der Waals surface area contributed by atoms with E-state index in [1.54, 1.807) is 0 Å². The van der Waals surface area contributed by atoms with E-state index >= 15 is 0 Å². The number of carbonyl (C=O) groups excluding carboxylic acids is 1. The Hall–Kier alpha value is -0.370. The van der Waals surface area contributed by atoms with Crippen molar-refractivity contribution in [3.63, 3.8) is 0 Å². The lowest BCUT2D eigenvalue weighted by molar-refractivity contribution is -0.119. The lowest BCUT2D eigenvalue weighted by Gasteiger charge is -2.47. The number of rotatable bonds is 5. The van der Waals surface area contributed by atoms with Crippen LogP contribution in [0.5, 0.6) is 0 Å². The van der Waals surface area contributed by atoms with Crippen LogP contribution < -0.4 is 0 Å². The van der Waals surface area contributed by atoms with Gasteiger partial charge in [-0.1, -0.05) is 26.7 Å². The van der Waals surface area contributed by atoms with Gasteiger partial charge in [-0.3, -0.25) is 4.90 Å². The van der Waals surface area contributed by atoms with Crippen LogP contribution in [0, 0.1) is 11.3 Å². The molecule has 0 aromatic rings. The van der Waals surface area contributed by atoms with Gasteiger partial charge < -0.3 is 4.79 Å². The molecule has 2 fully saturated rings. The molecule has 0 aromatic heterocycles. The average molecular weight is 251 g/mol. The average Bonchev–Trinajstić information content (AvgIpc) is 2.45. The molecular formula is C16H29NO. The van der Waals surface area contributed by atoms with Gasteiger partial charge in [-0.05, 0) is 51.0 Å². The van der Waals surface area contributed by atoms with Crippen molar-refractivity contribution in [3.05, 3.63) is 0 Å². The van der Waals surface area contributed by atoms with Gasteiger partial charge in [0.15, 0.2) is 0 Å². The van der Waals surface area contributed by atoms with E-state index in [4.69, 9.17) is 0 Å². The summed E-state index contributed by atoms with van der Waals surface area (Å²) in [5.74, 6) is 0.922. The summed E-state index contributed by atoms with van der Waals surface area (Å²) in [6.07, 6.45) is 11.6. The molecule has 0 amide bonds. The van der Waals surface area contributed by atoms with E-state index in [1.807, 2.05) is 0 Å². The lowest BCUT2D eigenvalue weighted by atomic mass is 9.76. The van der Waals surface area contributed by atoms with E-state index in [1.165, 1.54) is 51.4 Å². The SMILES string of the molecule is CCC(C=O)(CC)CN1CCC[C@H]2CCCC[C@H]21. The van der Waals surface area contributed by atoms with Gasteiger partial charge >= 0.3 is 0 Å². The Balaban J connectivity index is 2.04. The molecule has 1 heterocycles. The molecule has 1 aliphatic heterocycles. The molecule has 0 spiro atoms. The summed E-state index contributed by atoms with van der Waals surface area (Å²) >= 11 is 0. The molecule has 1 saturated heterocycles. The van der Waals surface area contributed by atoms with Crippen molar-refractivity contribution in [1.82, 2.24) is 4.90 Å². The van der Waals surface area contributed by atoms with Crippen LogP contribution >= 0.6 is 0 Å². The Morgan fingerprint density at radius 1 is 1.11 bits per heavy atom. The molecule has 2 nitrogen and oxygen atoms in total. The first-order valence-electron chi connectivity index (χ1n) is 7.95. The maximum atomic E-state index is 11.5. The maximum Gasteiger partial charge on any atom is 0.127 e. The first-order chi connectivity index (χ1) is 8.74. The predicted molar refractivity (Wildman–Crippen MR) is 75.6 cm³/mol. The minimum absolute atomic E-state index is 0.0840. The molecule has 2 rings (SSSR count). The van der Waals surface area contributed by atoms with Crippen molar-refractivity contribution in [2.75, 3.05) is 13.1 Å². The number of aldehydes is 1. The Bertz CT molecular complexity index is 270. The summed E-state index contributed by atoms with van der Waals surface area (Å²) in [4.78, 5) is 14.2. The van der Waals surface area contributed by atoms with Gasteiger partial charge in [-0.15, -0.1) is 0 Å². The molecule has 0 unspecified atom stereocenters. The van der Waals surface area contributed by atoms with Crippen molar-refractivity contribution in [3.8, 4) is 0 Å². The van der Waals surface area contributed by atoms with Gasteiger partial charge in [-0.25, -0.2) is 0 Å². The number of hydrogen-bond donors (Lipinski definition) is 0. The van der Waals surface area contributed by atoms with E-state index in [0.717, 1.165) is 31.3 Å². The third-order valence-corrected chi connectivity index (χ3v) is 5.53. The summed E-state index contributed by atoms with van der Waals surface area (Å²) in [5.41, 5.74) is -0.0840. The van der Waals surface area contributed by atoms with Gasteiger partial charge in [0, 0.05) is 18.0 Å². The number of piperidine rings is 1. The van der Waals surface area contributed by atoms with Crippen LogP contribution in [0.25, 0.3) is 0 Å². The molecule has 2 heteroatoms. The third kappa shape index (κ3) is 2.79. The Kier molecular flexibility index (Phi) is 4.83. The van der Waals surface area contributed by atoms with Crippen LogP contribution in [0.2, 0.25) is 0 Å². The van der Waals surface area contributed by atoms with Crippen molar-refractivity contribution < 1.29 is 4.79 Å². The molecule has 0 N–H and O–H groups in total. The molecule has 1 saturated carbocycles. The van der Waals surface area contributed by atoms with Gasteiger partial charge in [0.25, 0.3) is 0 Å². The first kappa shape index (κ1) is 14.0. The van der Waals surface area contributed by atoms with Crippen molar-refractivity contribution in [2.24, 2.45) is 11.3 Å². The summed E-state index contributed by atoms with van der Waals surface area (Å²) in [6.45, 7) is 6.56. The lowest BCUT2D eigenvalue weighted by Crippen LogP contribution is -2.51. The second-order valence-electron chi connectivity index (χ2n) is 6.41. The van der Waals surface area contributed by atoms with Crippen LogP contribution in [0.3, 0.4) is 0 Å². The van der Waals surface area contributed by atoms with Crippen LogP contribution in [0.15, 0.2) is 0 Å². The van der Waals surface area contributed by atoms with E-state index < -0.39 is 0 Å². The highest BCUT2D eigenvalue weighted by atomic mass is 16.1.